The van der Waals surface area contributed by atoms with Crippen LogP contribution in [0.1, 0.15) is 30.1 Å². The van der Waals surface area contributed by atoms with Crippen LogP contribution >= 0.6 is 0 Å². The van der Waals surface area contributed by atoms with Gasteiger partial charge >= 0.3 is 0 Å². The molecular formula is C19H29N5O2. The van der Waals surface area contributed by atoms with Crippen molar-refractivity contribution < 1.29 is 9.59 Å². The number of carbonyl (C=O) groups excluding carboxylic acids is 2. The third-order valence-electron chi connectivity index (χ3n) is 5.46. The van der Waals surface area contributed by atoms with Crippen molar-refractivity contribution in [2.24, 2.45) is 11.7 Å². The Morgan fingerprint density at radius 2 is 1.88 bits per heavy atom. The highest BCUT2D eigenvalue weighted by atomic mass is 16.1. The van der Waals surface area contributed by atoms with Gasteiger partial charge in [-0.25, -0.2) is 4.98 Å². The molecule has 1 amide bonds. The van der Waals surface area contributed by atoms with E-state index < -0.39 is 0 Å². The van der Waals surface area contributed by atoms with Gasteiger partial charge in [-0.3, -0.25) is 14.5 Å². The second-order valence-corrected chi connectivity index (χ2v) is 7.43. The molecule has 7 heteroatoms. The highest BCUT2D eigenvalue weighted by Crippen LogP contribution is 2.24. The number of nitrogens with zero attached hydrogens (tertiary/aromatic N) is 4. The number of piperazine rings is 1. The number of hydrogen-bond acceptors (Lipinski definition) is 6. The van der Waals surface area contributed by atoms with E-state index in [1.54, 1.807) is 13.1 Å². The van der Waals surface area contributed by atoms with Crippen LogP contribution in [0.5, 0.6) is 0 Å². The molecule has 1 aromatic rings. The van der Waals surface area contributed by atoms with E-state index in [0.29, 0.717) is 18.0 Å². The predicted octanol–water partition coefficient (Wildman–Crippen LogP) is 0.604. The Kier molecular flexibility index (Phi) is 6.21. The average Bonchev–Trinajstić information content (AvgIpc) is 3.10. The van der Waals surface area contributed by atoms with E-state index in [1.165, 1.54) is 12.8 Å². The van der Waals surface area contributed by atoms with Crippen LogP contribution < -0.4 is 10.6 Å². The number of nitrogens with two attached hydrogens (primary N) is 1. The minimum Gasteiger partial charge on any atom is -0.369 e. The predicted molar refractivity (Wildman–Crippen MR) is 101 cm³/mol. The fraction of sp³-hybridized carbons (Fsp3) is 0.632. The van der Waals surface area contributed by atoms with Crippen LogP contribution in [0.25, 0.3) is 0 Å². The third-order valence-corrected chi connectivity index (χ3v) is 5.46. The van der Waals surface area contributed by atoms with Gasteiger partial charge in [0.05, 0.1) is 6.54 Å². The van der Waals surface area contributed by atoms with Gasteiger partial charge in [0.1, 0.15) is 5.82 Å². The van der Waals surface area contributed by atoms with Crippen LogP contribution in [0.15, 0.2) is 18.3 Å². The van der Waals surface area contributed by atoms with Crippen molar-refractivity contribution in [3.63, 3.8) is 0 Å². The molecule has 3 heterocycles. The van der Waals surface area contributed by atoms with Crippen molar-refractivity contribution in [2.45, 2.75) is 19.8 Å². The molecule has 2 N–H and O–H groups in total. The molecule has 0 spiro atoms. The Morgan fingerprint density at radius 1 is 1.15 bits per heavy atom. The molecule has 7 nitrogen and oxygen atoms in total. The first-order chi connectivity index (χ1) is 12.5. The molecule has 3 rings (SSSR count). The van der Waals surface area contributed by atoms with Crippen LogP contribution in [0, 0.1) is 5.92 Å². The number of anilines is 1. The van der Waals surface area contributed by atoms with E-state index in [9.17, 15) is 9.59 Å². The molecule has 2 aliphatic heterocycles. The van der Waals surface area contributed by atoms with Crippen LogP contribution in [-0.4, -0.2) is 78.8 Å². The molecule has 1 unspecified atom stereocenters. The fourth-order valence-electron chi connectivity index (χ4n) is 3.81. The summed E-state index contributed by atoms with van der Waals surface area (Å²) in [5, 5.41) is 0. The van der Waals surface area contributed by atoms with E-state index >= 15 is 0 Å². The van der Waals surface area contributed by atoms with E-state index in [1.807, 2.05) is 12.1 Å². The van der Waals surface area contributed by atoms with Gasteiger partial charge in [-0.2, -0.15) is 0 Å². The lowest BCUT2D eigenvalue weighted by molar-refractivity contribution is -0.119. The maximum Gasteiger partial charge on any atom is 0.231 e. The minimum atomic E-state index is -0.241. The second-order valence-electron chi connectivity index (χ2n) is 7.43. The number of rotatable bonds is 7. The topological polar surface area (TPSA) is 82.8 Å². The number of primary amides is 1. The molecule has 2 saturated heterocycles. The van der Waals surface area contributed by atoms with Gasteiger partial charge in [0.15, 0.2) is 5.78 Å². The second kappa shape index (κ2) is 8.60. The molecule has 26 heavy (non-hydrogen) atoms. The fourth-order valence-corrected chi connectivity index (χ4v) is 3.81. The molecule has 0 aliphatic carbocycles. The van der Waals surface area contributed by atoms with Crippen LogP contribution in [0.4, 0.5) is 5.82 Å². The van der Waals surface area contributed by atoms with Gasteiger partial charge in [-0.15, -0.1) is 0 Å². The summed E-state index contributed by atoms with van der Waals surface area (Å²) in [5.74, 6) is 1.47. The first-order valence-corrected chi connectivity index (χ1v) is 9.46. The van der Waals surface area contributed by atoms with Gasteiger partial charge in [0, 0.05) is 51.0 Å². The minimum absolute atomic E-state index is 0.0549. The summed E-state index contributed by atoms with van der Waals surface area (Å²) in [4.78, 5) is 33.7. The average molecular weight is 359 g/mol. The number of amides is 1. The Labute approximate surface area is 155 Å². The summed E-state index contributed by atoms with van der Waals surface area (Å²) >= 11 is 0. The van der Waals surface area contributed by atoms with Crippen LogP contribution in [-0.2, 0) is 4.79 Å². The normalized spacial score (nSPS) is 21.9. The smallest absolute Gasteiger partial charge is 0.231 e. The molecule has 142 valence electrons. The number of Topliss-reactive ketones (excluding diaryl/α,β-unsaturated/α-hetero) is 1. The van der Waals surface area contributed by atoms with Crippen molar-refractivity contribution in [3.05, 3.63) is 23.9 Å². The molecule has 0 saturated carbocycles. The number of ketones is 1. The van der Waals surface area contributed by atoms with Crippen molar-refractivity contribution in [1.82, 2.24) is 14.8 Å². The summed E-state index contributed by atoms with van der Waals surface area (Å²) in [6.07, 6.45) is 4.06. The van der Waals surface area contributed by atoms with Gasteiger partial charge in [0.2, 0.25) is 5.91 Å². The number of aromatic nitrogens is 1. The van der Waals surface area contributed by atoms with Gasteiger partial charge in [-0.05, 0) is 44.4 Å². The molecular weight excluding hydrogens is 330 g/mol. The molecule has 1 aromatic heterocycles. The molecule has 1 atom stereocenters. The zero-order chi connectivity index (χ0) is 18.5. The first kappa shape index (κ1) is 18.8. The largest absolute Gasteiger partial charge is 0.369 e. The Bertz CT molecular complexity index is 625. The van der Waals surface area contributed by atoms with Crippen molar-refractivity contribution in [1.29, 1.82) is 0 Å². The molecule has 0 radical (unpaired) electrons. The van der Waals surface area contributed by atoms with E-state index in [0.717, 1.165) is 51.6 Å². The summed E-state index contributed by atoms with van der Waals surface area (Å²) in [6, 6.07) is 3.82. The van der Waals surface area contributed by atoms with E-state index in [-0.39, 0.29) is 11.7 Å². The maximum atomic E-state index is 11.4. The van der Waals surface area contributed by atoms with Crippen molar-refractivity contribution in [3.8, 4) is 0 Å². The summed E-state index contributed by atoms with van der Waals surface area (Å²) < 4.78 is 0. The van der Waals surface area contributed by atoms with Crippen LogP contribution in [0.3, 0.4) is 0 Å². The number of carbonyl (C=O) groups is 2. The quantitative estimate of drug-likeness (QED) is 0.718. The summed E-state index contributed by atoms with van der Waals surface area (Å²) in [7, 11) is 0. The van der Waals surface area contributed by atoms with Gasteiger partial charge in [0.25, 0.3) is 0 Å². The Hall–Kier alpha value is -1.99. The standard InChI is InChI=1S/C19H29N5O2/c1-15(25)17-2-3-19(21-12-17)24-7-5-16(13-24)4-6-22-8-10-23(11-9-22)14-18(20)26/h2-3,12,16H,4-11,13-14H2,1H3,(H2,20,26). The zero-order valence-electron chi connectivity index (χ0n) is 15.6. The summed E-state index contributed by atoms with van der Waals surface area (Å²) in [6.45, 7) is 8.99. The summed E-state index contributed by atoms with van der Waals surface area (Å²) in [5.41, 5.74) is 5.93. The van der Waals surface area contributed by atoms with Crippen LogP contribution in [0.2, 0.25) is 0 Å². The van der Waals surface area contributed by atoms with Crippen molar-refractivity contribution >= 4 is 17.5 Å². The Morgan fingerprint density at radius 3 is 2.50 bits per heavy atom. The zero-order valence-corrected chi connectivity index (χ0v) is 15.6. The third kappa shape index (κ3) is 5.02. The van der Waals surface area contributed by atoms with Crippen molar-refractivity contribution in [2.75, 3.05) is 57.3 Å². The Balaban J connectivity index is 1.40. The van der Waals surface area contributed by atoms with Gasteiger partial charge in [-0.1, -0.05) is 0 Å². The first-order valence-electron chi connectivity index (χ1n) is 9.46. The van der Waals surface area contributed by atoms with E-state index in [2.05, 4.69) is 19.7 Å². The lowest BCUT2D eigenvalue weighted by atomic mass is 10.0. The lowest BCUT2D eigenvalue weighted by Crippen LogP contribution is -2.49. The highest BCUT2D eigenvalue weighted by molar-refractivity contribution is 5.93. The highest BCUT2D eigenvalue weighted by Gasteiger charge is 2.25. The monoisotopic (exact) mass is 359 g/mol. The molecule has 0 aromatic carbocycles. The molecule has 2 fully saturated rings. The maximum absolute atomic E-state index is 11.4. The molecule has 2 aliphatic rings. The lowest BCUT2D eigenvalue weighted by Gasteiger charge is -2.34. The van der Waals surface area contributed by atoms with E-state index in [4.69, 9.17) is 5.73 Å². The SMILES string of the molecule is CC(=O)c1ccc(N2CCC(CCN3CCN(CC(N)=O)CC3)C2)nc1. The van der Waals surface area contributed by atoms with Gasteiger partial charge < -0.3 is 15.5 Å². The number of pyridine rings is 1. The number of hydrogen-bond donors (Lipinski definition) is 1. The molecule has 0 bridgehead atoms.